The Kier molecular flexibility index (Phi) is 3.94. The van der Waals surface area contributed by atoms with E-state index in [2.05, 4.69) is 5.32 Å². The number of hydrogen-bond acceptors (Lipinski definition) is 2. The van der Waals surface area contributed by atoms with Gasteiger partial charge in [0.15, 0.2) is 0 Å². The van der Waals surface area contributed by atoms with Gasteiger partial charge in [0.1, 0.15) is 11.6 Å². The first-order valence-corrected chi connectivity index (χ1v) is 5.98. The SMILES string of the molecule is Oc1ccc(Cl)cc1CNc1ccc(F)c(Cl)c1. The quantitative estimate of drug-likeness (QED) is 0.873. The van der Waals surface area contributed by atoms with Crippen LogP contribution in [0.3, 0.4) is 0 Å². The second-order valence-electron chi connectivity index (χ2n) is 3.76. The smallest absolute Gasteiger partial charge is 0.141 e. The number of rotatable bonds is 3. The molecule has 0 radical (unpaired) electrons. The minimum atomic E-state index is -0.465. The lowest BCUT2D eigenvalue weighted by Gasteiger charge is -2.09. The van der Waals surface area contributed by atoms with E-state index < -0.39 is 5.82 Å². The third-order valence-electron chi connectivity index (χ3n) is 2.44. The number of phenolic OH excluding ortho intramolecular Hbond substituents is 1. The van der Waals surface area contributed by atoms with E-state index in [1.807, 2.05) is 0 Å². The molecule has 0 aliphatic heterocycles. The summed E-state index contributed by atoms with van der Waals surface area (Å²) in [5, 5.41) is 13.2. The summed E-state index contributed by atoms with van der Waals surface area (Å²) in [4.78, 5) is 0. The van der Waals surface area contributed by atoms with Gasteiger partial charge in [-0.3, -0.25) is 0 Å². The summed E-state index contributed by atoms with van der Waals surface area (Å²) < 4.78 is 13.0. The van der Waals surface area contributed by atoms with Crippen LogP contribution in [0, 0.1) is 5.82 Å². The van der Waals surface area contributed by atoms with Crippen molar-refractivity contribution in [2.45, 2.75) is 6.54 Å². The van der Waals surface area contributed by atoms with Crippen LogP contribution >= 0.6 is 23.2 Å². The first-order valence-electron chi connectivity index (χ1n) is 5.22. The van der Waals surface area contributed by atoms with E-state index in [-0.39, 0.29) is 10.8 Å². The Hall–Kier alpha value is -1.45. The Morgan fingerprint density at radius 2 is 1.89 bits per heavy atom. The monoisotopic (exact) mass is 285 g/mol. The molecule has 0 heterocycles. The Balaban J connectivity index is 2.11. The first-order chi connectivity index (χ1) is 8.56. The van der Waals surface area contributed by atoms with Crippen LogP contribution in [0.25, 0.3) is 0 Å². The predicted molar refractivity (Wildman–Crippen MR) is 71.9 cm³/mol. The van der Waals surface area contributed by atoms with Gasteiger partial charge in [-0.15, -0.1) is 0 Å². The van der Waals surface area contributed by atoms with Crippen molar-refractivity contribution < 1.29 is 9.50 Å². The van der Waals surface area contributed by atoms with Crippen LogP contribution in [0.15, 0.2) is 36.4 Å². The Labute approximate surface area is 114 Å². The fourth-order valence-electron chi connectivity index (χ4n) is 1.50. The topological polar surface area (TPSA) is 32.3 Å². The highest BCUT2D eigenvalue weighted by Gasteiger charge is 2.04. The molecule has 0 spiro atoms. The highest BCUT2D eigenvalue weighted by Crippen LogP contribution is 2.24. The van der Waals surface area contributed by atoms with Crippen molar-refractivity contribution in [2.75, 3.05) is 5.32 Å². The van der Waals surface area contributed by atoms with Gasteiger partial charge in [0.25, 0.3) is 0 Å². The van der Waals surface area contributed by atoms with Gasteiger partial charge in [0, 0.05) is 22.8 Å². The molecule has 0 saturated heterocycles. The van der Waals surface area contributed by atoms with Crippen LogP contribution in [0.1, 0.15) is 5.56 Å². The van der Waals surface area contributed by atoms with Gasteiger partial charge < -0.3 is 10.4 Å². The van der Waals surface area contributed by atoms with E-state index in [0.717, 1.165) is 0 Å². The standard InChI is InChI=1S/C13H10Cl2FNO/c14-9-1-4-13(18)8(5-9)7-17-10-2-3-12(16)11(15)6-10/h1-6,17-18H,7H2. The maximum Gasteiger partial charge on any atom is 0.141 e. The lowest BCUT2D eigenvalue weighted by Crippen LogP contribution is -2.00. The largest absolute Gasteiger partial charge is 0.508 e. The average molecular weight is 286 g/mol. The fourth-order valence-corrected chi connectivity index (χ4v) is 1.87. The summed E-state index contributed by atoms with van der Waals surface area (Å²) in [5.74, 6) is -0.312. The van der Waals surface area contributed by atoms with Gasteiger partial charge in [-0.25, -0.2) is 4.39 Å². The molecule has 2 N–H and O–H groups in total. The minimum Gasteiger partial charge on any atom is -0.508 e. The number of hydrogen-bond donors (Lipinski definition) is 2. The third kappa shape index (κ3) is 3.06. The average Bonchev–Trinajstić information content (AvgIpc) is 2.34. The molecule has 94 valence electrons. The van der Waals surface area contributed by atoms with E-state index in [0.29, 0.717) is 22.8 Å². The Morgan fingerprint density at radius 3 is 2.61 bits per heavy atom. The van der Waals surface area contributed by atoms with E-state index in [1.54, 1.807) is 18.2 Å². The highest BCUT2D eigenvalue weighted by molar-refractivity contribution is 6.31. The first kappa shape index (κ1) is 13.0. The lowest BCUT2D eigenvalue weighted by atomic mass is 10.2. The minimum absolute atomic E-state index is 0.0512. The number of aromatic hydroxyl groups is 1. The van der Waals surface area contributed by atoms with Crippen LogP contribution in [-0.4, -0.2) is 5.11 Å². The third-order valence-corrected chi connectivity index (χ3v) is 2.97. The van der Waals surface area contributed by atoms with Crippen molar-refractivity contribution in [3.63, 3.8) is 0 Å². The molecule has 0 saturated carbocycles. The van der Waals surface area contributed by atoms with Gasteiger partial charge in [0.2, 0.25) is 0 Å². The van der Waals surface area contributed by atoms with Gasteiger partial charge in [-0.1, -0.05) is 23.2 Å². The zero-order valence-electron chi connectivity index (χ0n) is 9.25. The summed E-state index contributed by atoms with van der Waals surface area (Å²) in [7, 11) is 0. The van der Waals surface area contributed by atoms with Crippen LogP contribution in [0.4, 0.5) is 10.1 Å². The molecule has 0 aliphatic rings. The van der Waals surface area contributed by atoms with Crippen LogP contribution in [-0.2, 0) is 6.54 Å². The molecule has 0 unspecified atom stereocenters. The van der Waals surface area contributed by atoms with E-state index in [4.69, 9.17) is 23.2 Å². The van der Waals surface area contributed by atoms with Gasteiger partial charge in [-0.05, 0) is 36.4 Å². The molecule has 18 heavy (non-hydrogen) atoms. The molecule has 2 nitrogen and oxygen atoms in total. The van der Waals surface area contributed by atoms with E-state index in [1.165, 1.54) is 18.2 Å². The molecular formula is C13H10Cl2FNO. The number of anilines is 1. The molecule has 2 aromatic carbocycles. The van der Waals surface area contributed by atoms with Crippen molar-refractivity contribution in [2.24, 2.45) is 0 Å². The van der Waals surface area contributed by atoms with Gasteiger partial charge >= 0.3 is 0 Å². The summed E-state index contributed by atoms with van der Waals surface area (Å²) in [5.41, 5.74) is 1.32. The number of nitrogens with one attached hydrogen (secondary N) is 1. The molecule has 0 atom stereocenters. The molecular weight excluding hydrogens is 276 g/mol. The van der Waals surface area contributed by atoms with Crippen LogP contribution in [0.5, 0.6) is 5.75 Å². The molecule has 0 bridgehead atoms. The zero-order chi connectivity index (χ0) is 13.1. The molecule has 0 aromatic heterocycles. The van der Waals surface area contributed by atoms with Crippen LogP contribution < -0.4 is 5.32 Å². The summed E-state index contributed by atoms with van der Waals surface area (Å²) in [6.07, 6.45) is 0. The molecule has 0 aliphatic carbocycles. The molecule has 2 aromatic rings. The summed E-state index contributed by atoms with van der Waals surface area (Å²) in [6, 6.07) is 9.13. The van der Waals surface area contributed by atoms with E-state index >= 15 is 0 Å². The van der Waals surface area contributed by atoms with Crippen molar-refractivity contribution in [1.29, 1.82) is 0 Å². The number of phenols is 1. The Bertz CT molecular complexity index is 575. The summed E-state index contributed by atoms with van der Waals surface area (Å²) in [6.45, 7) is 0.369. The maximum atomic E-state index is 13.0. The normalized spacial score (nSPS) is 10.4. The van der Waals surface area contributed by atoms with Gasteiger partial charge in [0.05, 0.1) is 5.02 Å². The second kappa shape index (κ2) is 5.46. The molecule has 0 fully saturated rings. The zero-order valence-corrected chi connectivity index (χ0v) is 10.8. The number of benzene rings is 2. The van der Waals surface area contributed by atoms with Crippen molar-refractivity contribution in [1.82, 2.24) is 0 Å². The molecule has 5 heteroatoms. The second-order valence-corrected chi connectivity index (χ2v) is 4.60. The van der Waals surface area contributed by atoms with Crippen molar-refractivity contribution in [3.05, 3.63) is 57.8 Å². The highest BCUT2D eigenvalue weighted by atomic mass is 35.5. The fraction of sp³-hybridized carbons (Fsp3) is 0.0769. The Morgan fingerprint density at radius 1 is 1.11 bits per heavy atom. The number of halogens is 3. The maximum absolute atomic E-state index is 13.0. The lowest BCUT2D eigenvalue weighted by molar-refractivity contribution is 0.469. The van der Waals surface area contributed by atoms with Crippen molar-refractivity contribution in [3.8, 4) is 5.75 Å². The van der Waals surface area contributed by atoms with E-state index in [9.17, 15) is 9.50 Å². The summed E-state index contributed by atoms with van der Waals surface area (Å²) >= 11 is 11.5. The molecule has 2 rings (SSSR count). The molecule has 0 amide bonds. The predicted octanol–water partition coefficient (Wildman–Crippen LogP) is 4.45. The van der Waals surface area contributed by atoms with Crippen molar-refractivity contribution >= 4 is 28.9 Å². The van der Waals surface area contributed by atoms with Crippen LogP contribution in [0.2, 0.25) is 10.0 Å². The van der Waals surface area contributed by atoms with Gasteiger partial charge in [-0.2, -0.15) is 0 Å².